The lowest BCUT2D eigenvalue weighted by atomic mass is 10.0. The molecule has 1 amide bonds. The Labute approximate surface area is 166 Å². The number of hydrogen-bond donors (Lipinski definition) is 3. The molecule has 9 heteroatoms. The molecular weight excluding hydrogens is 471 g/mol. The van der Waals surface area contributed by atoms with Gasteiger partial charge >= 0.3 is 5.69 Å². The second kappa shape index (κ2) is 7.91. The van der Waals surface area contributed by atoms with Gasteiger partial charge in [0.1, 0.15) is 17.7 Å². The van der Waals surface area contributed by atoms with Gasteiger partial charge < -0.3 is 15.4 Å². The Balaban J connectivity index is 1.94. The van der Waals surface area contributed by atoms with Crippen molar-refractivity contribution in [2.75, 3.05) is 5.32 Å². The number of carbonyl (C=O) groups excluding carboxylic acids is 1. The van der Waals surface area contributed by atoms with E-state index in [-0.39, 0.29) is 12.1 Å². The van der Waals surface area contributed by atoms with Crippen LogP contribution >= 0.6 is 22.6 Å². The third kappa shape index (κ3) is 4.35. The maximum absolute atomic E-state index is 14.1. The third-order valence-corrected chi connectivity index (χ3v) is 4.61. The van der Waals surface area contributed by atoms with Crippen LogP contribution in [0.2, 0.25) is 0 Å². The van der Waals surface area contributed by atoms with E-state index in [0.717, 1.165) is 10.8 Å². The van der Waals surface area contributed by atoms with Crippen molar-refractivity contribution in [2.45, 2.75) is 12.5 Å². The fourth-order valence-electron chi connectivity index (χ4n) is 2.62. The first-order valence-corrected chi connectivity index (χ1v) is 8.92. The number of aromatic nitrogens is 2. The van der Waals surface area contributed by atoms with Crippen molar-refractivity contribution in [3.63, 3.8) is 0 Å². The molecule has 6 nitrogen and oxygen atoms in total. The van der Waals surface area contributed by atoms with E-state index in [9.17, 15) is 23.5 Å². The van der Waals surface area contributed by atoms with Gasteiger partial charge in [0.2, 0.25) is 11.8 Å². The van der Waals surface area contributed by atoms with Gasteiger partial charge in [0.15, 0.2) is 0 Å². The van der Waals surface area contributed by atoms with E-state index in [2.05, 4.69) is 10.3 Å². The van der Waals surface area contributed by atoms with Crippen molar-refractivity contribution >= 4 is 34.2 Å². The zero-order valence-corrected chi connectivity index (χ0v) is 15.9. The molecule has 0 fully saturated rings. The van der Waals surface area contributed by atoms with E-state index in [1.54, 1.807) is 6.07 Å². The van der Waals surface area contributed by atoms with Crippen LogP contribution in [0.1, 0.15) is 11.6 Å². The van der Waals surface area contributed by atoms with Crippen LogP contribution in [0.4, 0.5) is 14.5 Å². The average molecular weight is 485 g/mol. The normalized spacial score (nSPS) is 12.0. The fraction of sp³-hybridized carbons (Fsp3) is 0.111. The first kappa shape index (κ1) is 19.1. The number of hydrogen-bond acceptors (Lipinski definition) is 3. The maximum atomic E-state index is 14.1. The third-order valence-electron chi connectivity index (χ3n) is 3.94. The molecule has 0 aliphatic heterocycles. The Morgan fingerprint density at radius 1 is 1.22 bits per heavy atom. The first-order chi connectivity index (χ1) is 12.8. The van der Waals surface area contributed by atoms with Crippen molar-refractivity contribution in [2.24, 2.45) is 0 Å². The van der Waals surface area contributed by atoms with E-state index < -0.39 is 35.2 Å². The van der Waals surface area contributed by atoms with Crippen molar-refractivity contribution < 1.29 is 18.7 Å². The van der Waals surface area contributed by atoms with Crippen LogP contribution in [0.15, 0.2) is 53.5 Å². The van der Waals surface area contributed by atoms with Crippen LogP contribution in [-0.4, -0.2) is 20.6 Å². The van der Waals surface area contributed by atoms with Gasteiger partial charge in [-0.05, 0) is 58.5 Å². The Kier molecular flexibility index (Phi) is 5.59. The predicted molar refractivity (Wildman–Crippen MR) is 104 cm³/mol. The minimum Gasteiger partial charge on any atom is -0.493 e. The monoisotopic (exact) mass is 485 g/mol. The number of anilines is 1. The number of benzene rings is 2. The summed E-state index contributed by atoms with van der Waals surface area (Å²) in [5.41, 5.74) is -0.183. The van der Waals surface area contributed by atoms with Crippen LogP contribution < -0.4 is 11.0 Å². The molecule has 3 N–H and O–H groups in total. The SMILES string of the molecule is O=C(Nc1ccc(I)cc1F)[C@H](Cc1ccc(F)cc1)n1c(O)c[nH]c1=O. The van der Waals surface area contributed by atoms with Gasteiger partial charge in [0, 0.05) is 9.99 Å². The van der Waals surface area contributed by atoms with Gasteiger partial charge in [-0.2, -0.15) is 0 Å². The zero-order chi connectivity index (χ0) is 19.6. The molecule has 0 spiro atoms. The molecule has 0 bridgehead atoms. The number of aromatic amines is 1. The number of H-pyrrole nitrogens is 1. The summed E-state index contributed by atoms with van der Waals surface area (Å²) in [6.45, 7) is 0. The second-order valence-electron chi connectivity index (χ2n) is 5.78. The molecule has 0 radical (unpaired) electrons. The van der Waals surface area contributed by atoms with Crippen LogP contribution in [0.5, 0.6) is 5.88 Å². The number of nitrogens with zero attached hydrogens (tertiary/aromatic N) is 1. The predicted octanol–water partition coefficient (Wildman–Crippen LogP) is 3.19. The summed E-state index contributed by atoms with van der Waals surface area (Å²) in [4.78, 5) is 27.1. The fourth-order valence-corrected chi connectivity index (χ4v) is 3.08. The molecule has 0 saturated heterocycles. The summed E-state index contributed by atoms with van der Waals surface area (Å²) in [6, 6.07) is 8.49. The molecule has 0 unspecified atom stereocenters. The van der Waals surface area contributed by atoms with E-state index in [1.807, 2.05) is 22.6 Å². The Morgan fingerprint density at radius 2 is 1.93 bits per heavy atom. The molecule has 0 aliphatic rings. The summed E-state index contributed by atoms with van der Waals surface area (Å²) in [5, 5.41) is 12.4. The Morgan fingerprint density at radius 3 is 2.52 bits per heavy atom. The number of amides is 1. The molecule has 3 aromatic rings. The highest BCUT2D eigenvalue weighted by molar-refractivity contribution is 14.1. The molecule has 0 aliphatic carbocycles. The summed E-state index contributed by atoms with van der Waals surface area (Å²) in [6.07, 6.45) is 1.04. The minimum absolute atomic E-state index is 0.0105. The average Bonchev–Trinajstić information content (AvgIpc) is 2.95. The molecule has 1 atom stereocenters. The summed E-state index contributed by atoms with van der Waals surface area (Å²) in [7, 11) is 0. The molecule has 0 saturated carbocycles. The minimum atomic E-state index is -1.17. The molecule has 140 valence electrons. The van der Waals surface area contributed by atoms with Crippen LogP contribution in [-0.2, 0) is 11.2 Å². The zero-order valence-electron chi connectivity index (χ0n) is 13.7. The highest BCUT2D eigenvalue weighted by Crippen LogP contribution is 2.23. The molecule has 2 aromatic carbocycles. The van der Waals surface area contributed by atoms with Gasteiger partial charge in [-0.1, -0.05) is 12.1 Å². The van der Waals surface area contributed by atoms with E-state index in [0.29, 0.717) is 9.13 Å². The maximum Gasteiger partial charge on any atom is 0.329 e. The summed E-state index contributed by atoms with van der Waals surface area (Å²) in [5.74, 6) is -2.20. The van der Waals surface area contributed by atoms with Gasteiger partial charge in [-0.25, -0.2) is 13.6 Å². The topological polar surface area (TPSA) is 87.1 Å². The summed E-state index contributed by atoms with van der Waals surface area (Å²) >= 11 is 1.94. The number of rotatable bonds is 5. The summed E-state index contributed by atoms with van der Waals surface area (Å²) < 4.78 is 28.7. The van der Waals surface area contributed by atoms with Crippen molar-refractivity contribution in [1.29, 1.82) is 0 Å². The molecule has 1 heterocycles. The van der Waals surface area contributed by atoms with E-state index in [1.165, 1.54) is 36.4 Å². The number of halogens is 3. The standard InChI is InChI=1S/C18H14F2IN3O3/c19-11-3-1-10(2-4-11)7-15(24-16(25)9-22-18(24)27)17(26)23-14-6-5-12(21)8-13(14)20/h1-6,8-9,15,25H,7H2,(H,22,27)(H,23,26)/t15-/m0/s1. The molecule has 1 aromatic heterocycles. The molecule has 3 rings (SSSR count). The molecule has 27 heavy (non-hydrogen) atoms. The largest absolute Gasteiger partial charge is 0.493 e. The number of imidazole rings is 1. The van der Waals surface area contributed by atoms with Crippen molar-refractivity contribution in [3.8, 4) is 5.88 Å². The van der Waals surface area contributed by atoms with E-state index >= 15 is 0 Å². The number of nitrogens with one attached hydrogen (secondary N) is 2. The number of aromatic hydroxyl groups is 1. The van der Waals surface area contributed by atoms with Crippen molar-refractivity contribution in [3.05, 3.63) is 79.9 Å². The highest BCUT2D eigenvalue weighted by atomic mass is 127. The smallest absolute Gasteiger partial charge is 0.329 e. The molecular formula is C18H14F2IN3O3. The van der Waals surface area contributed by atoms with Crippen LogP contribution in [0.25, 0.3) is 0 Å². The highest BCUT2D eigenvalue weighted by Gasteiger charge is 2.26. The van der Waals surface area contributed by atoms with Gasteiger partial charge in [0.05, 0.1) is 11.9 Å². The number of carbonyl (C=O) groups is 1. The van der Waals surface area contributed by atoms with Crippen LogP contribution in [0, 0.1) is 15.2 Å². The lowest BCUT2D eigenvalue weighted by Crippen LogP contribution is -2.33. The van der Waals surface area contributed by atoms with Crippen LogP contribution in [0.3, 0.4) is 0 Å². The Bertz CT molecular complexity index is 1030. The van der Waals surface area contributed by atoms with Gasteiger partial charge in [-0.15, -0.1) is 0 Å². The lowest BCUT2D eigenvalue weighted by Gasteiger charge is -2.19. The first-order valence-electron chi connectivity index (χ1n) is 7.84. The Hall–Kier alpha value is -2.69. The van der Waals surface area contributed by atoms with Gasteiger partial charge in [-0.3, -0.25) is 9.36 Å². The van der Waals surface area contributed by atoms with E-state index in [4.69, 9.17) is 0 Å². The van der Waals surface area contributed by atoms with Gasteiger partial charge in [0.25, 0.3) is 0 Å². The quantitative estimate of drug-likeness (QED) is 0.486. The lowest BCUT2D eigenvalue weighted by molar-refractivity contribution is -0.119. The van der Waals surface area contributed by atoms with Crippen molar-refractivity contribution in [1.82, 2.24) is 9.55 Å². The second-order valence-corrected chi connectivity index (χ2v) is 7.03.